The van der Waals surface area contributed by atoms with Crippen molar-refractivity contribution in [3.05, 3.63) is 98.5 Å². The van der Waals surface area contributed by atoms with Crippen molar-refractivity contribution in [3.63, 3.8) is 0 Å². The lowest BCUT2D eigenvalue weighted by molar-refractivity contribution is 0.0955. The van der Waals surface area contributed by atoms with Gasteiger partial charge in [-0.25, -0.2) is 0 Å². The Morgan fingerprint density at radius 3 is 2.88 bits per heavy atom. The second-order valence-corrected chi connectivity index (χ2v) is 8.40. The Kier molecular flexibility index (Phi) is 6.08. The van der Waals surface area contributed by atoms with Gasteiger partial charge in [0.1, 0.15) is 5.54 Å². The lowest BCUT2D eigenvalue weighted by atomic mass is 9.63. The Hall–Kier alpha value is -3.47. The van der Waals surface area contributed by atoms with Crippen LogP contribution in [0, 0.1) is 5.92 Å². The quantitative estimate of drug-likeness (QED) is 0.542. The van der Waals surface area contributed by atoms with Crippen molar-refractivity contribution < 1.29 is 4.79 Å². The van der Waals surface area contributed by atoms with E-state index in [1.54, 1.807) is 6.07 Å². The largest absolute Gasteiger partial charge is 0.352 e. The molecule has 1 aromatic heterocycles. The minimum atomic E-state index is -0.514. The number of aromatic nitrogens is 1. The fourth-order valence-corrected chi connectivity index (χ4v) is 5.07. The van der Waals surface area contributed by atoms with Gasteiger partial charge < -0.3 is 10.3 Å². The number of carbonyl (C=O) groups excluding carboxylic acids is 1. The van der Waals surface area contributed by atoms with Crippen molar-refractivity contribution in [1.29, 1.82) is 0 Å². The molecule has 0 spiro atoms. The molecule has 1 heterocycles. The SMILES string of the molecule is CC=C1C2C=C(C)CC1(N=C/C=C/c1ccccc1C(=O)NCC)c1ccc(=O)[nH]c1C2. The number of rotatable bonds is 5. The summed E-state index contributed by atoms with van der Waals surface area (Å²) in [5.74, 6) is 0.152. The molecule has 5 nitrogen and oxygen atoms in total. The molecule has 0 saturated heterocycles. The number of aliphatic imine (C=N–C) groups is 1. The summed E-state index contributed by atoms with van der Waals surface area (Å²) in [5, 5.41) is 2.86. The number of nitrogens with one attached hydrogen (secondary N) is 2. The fourth-order valence-electron chi connectivity index (χ4n) is 5.07. The highest BCUT2D eigenvalue weighted by molar-refractivity contribution is 5.98. The lowest BCUT2D eigenvalue weighted by Crippen LogP contribution is -2.40. The molecule has 2 bridgehead atoms. The van der Waals surface area contributed by atoms with Gasteiger partial charge in [0.15, 0.2) is 0 Å². The van der Waals surface area contributed by atoms with Gasteiger partial charge in [0.05, 0.1) is 0 Å². The van der Waals surface area contributed by atoms with E-state index in [2.05, 4.69) is 36.3 Å². The number of benzene rings is 1. The normalized spacial score (nSPS) is 23.4. The molecule has 164 valence electrons. The third kappa shape index (κ3) is 3.91. The topological polar surface area (TPSA) is 74.3 Å². The van der Waals surface area contributed by atoms with E-state index < -0.39 is 5.54 Å². The van der Waals surface area contributed by atoms with Crippen LogP contribution in [0.2, 0.25) is 0 Å². The predicted molar refractivity (Wildman–Crippen MR) is 130 cm³/mol. The van der Waals surface area contributed by atoms with E-state index in [1.165, 1.54) is 11.1 Å². The summed E-state index contributed by atoms with van der Waals surface area (Å²) >= 11 is 0. The van der Waals surface area contributed by atoms with E-state index in [4.69, 9.17) is 4.99 Å². The van der Waals surface area contributed by atoms with Crippen molar-refractivity contribution in [2.75, 3.05) is 6.54 Å². The molecule has 1 aromatic carbocycles. The summed E-state index contributed by atoms with van der Waals surface area (Å²) in [5.41, 5.74) is 5.52. The molecule has 32 heavy (non-hydrogen) atoms. The monoisotopic (exact) mass is 427 g/mol. The maximum absolute atomic E-state index is 12.3. The Balaban J connectivity index is 1.72. The second kappa shape index (κ2) is 8.95. The Morgan fingerprint density at radius 1 is 1.28 bits per heavy atom. The Bertz CT molecular complexity index is 1220. The number of aromatic amines is 1. The van der Waals surface area contributed by atoms with Gasteiger partial charge in [0.25, 0.3) is 5.91 Å². The van der Waals surface area contributed by atoms with Crippen LogP contribution in [-0.4, -0.2) is 23.7 Å². The number of fused-ring (bicyclic) bond motifs is 4. The first kappa shape index (κ1) is 21.8. The van der Waals surface area contributed by atoms with Crippen LogP contribution in [0.3, 0.4) is 0 Å². The van der Waals surface area contributed by atoms with Gasteiger partial charge in [-0.15, -0.1) is 0 Å². The van der Waals surface area contributed by atoms with Crippen LogP contribution < -0.4 is 10.9 Å². The molecule has 4 rings (SSSR count). The number of H-pyrrole nitrogens is 1. The minimum Gasteiger partial charge on any atom is -0.352 e. The van der Waals surface area contributed by atoms with E-state index >= 15 is 0 Å². The van der Waals surface area contributed by atoms with Crippen molar-refractivity contribution in [2.24, 2.45) is 10.9 Å². The third-order valence-electron chi connectivity index (χ3n) is 6.28. The van der Waals surface area contributed by atoms with E-state index in [0.29, 0.717) is 12.1 Å². The van der Waals surface area contributed by atoms with E-state index in [0.717, 1.165) is 29.7 Å². The average molecular weight is 428 g/mol. The van der Waals surface area contributed by atoms with Crippen LogP contribution in [0.5, 0.6) is 0 Å². The maximum atomic E-state index is 12.3. The fraction of sp³-hybridized carbons (Fsp3) is 0.296. The molecule has 0 fully saturated rings. The first-order valence-corrected chi connectivity index (χ1v) is 11.1. The van der Waals surface area contributed by atoms with Crippen molar-refractivity contribution in [1.82, 2.24) is 10.3 Å². The number of amides is 1. The zero-order valence-electron chi connectivity index (χ0n) is 18.8. The van der Waals surface area contributed by atoms with E-state index in [9.17, 15) is 9.59 Å². The number of pyridine rings is 1. The van der Waals surface area contributed by atoms with Gasteiger partial charge in [0, 0.05) is 48.0 Å². The molecule has 2 aliphatic rings. The number of hydrogen-bond donors (Lipinski definition) is 2. The second-order valence-electron chi connectivity index (χ2n) is 8.40. The van der Waals surface area contributed by atoms with Gasteiger partial charge in [0.2, 0.25) is 5.56 Å². The lowest BCUT2D eigenvalue weighted by Gasteiger charge is -2.45. The summed E-state index contributed by atoms with van der Waals surface area (Å²) in [6, 6.07) is 11.1. The summed E-state index contributed by atoms with van der Waals surface area (Å²) in [4.78, 5) is 32.4. The zero-order valence-corrected chi connectivity index (χ0v) is 18.8. The molecule has 0 aliphatic heterocycles. The van der Waals surface area contributed by atoms with Crippen LogP contribution in [0.15, 0.2) is 75.6 Å². The Labute approximate surface area is 188 Å². The summed E-state index contributed by atoms with van der Waals surface area (Å²) in [7, 11) is 0. The summed E-state index contributed by atoms with van der Waals surface area (Å²) < 4.78 is 0. The first-order valence-electron chi connectivity index (χ1n) is 11.1. The van der Waals surface area contributed by atoms with Crippen molar-refractivity contribution >= 4 is 18.2 Å². The molecule has 2 aromatic rings. The predicted octanol–water partition coefficient (Wildman–Crippen LogP) is 4.57. The zero-order chi connectivity index (χ0) is 22.7. The van der Waals surface area contributed by atoms with Crippen LogP contribution >= 0.6 is 0 Å². The molecule has 1 amide bonds. The summed E-state index contributed by atoms with van der Waals surface area (Å²) in [6.45, 7) is 6.71. The summed E-state index contributed by atoms with van der Waals surface area (Å²) in [6.07, 6.45) is 11.7. The smallest absolute Gasteiger partial charge is 0.251 e. The molecule has 2 aliphatic carbocycles. The molecule has 0 saturated carbocycles. The van der Waals surface area contributed by atoms with Crippen LogP contribution in [-0.2, 0) is 12.0 Å². The molecule has 2 unspecified atom stereocenters. The molecule has 5 heteroatoms. The number of allylic oxidation sites excluding steroid dienone is 3. The van der Waals surface area contributed by atoms with Gasteiger partial charge in [-0.05, 0) is 56.5 Å². The molecule has 2 N–H and O–H groups in total. The number of nitrogens with zero attached hydrogens (tertiary/aromatic N) is 1. The molecular weight excluding hydrogens is 398 g/mol. The first-order chi connectivity index (χ1) is 15.5. The highest BCUT2D eigenvalue weighted by Crippen LogP contribution is 2.51. The van der Waals surface area contributed by atoms with Gasteiger partial charge in [-0.1, -0.05) is 42.0 Å². The van der Waals surface area contributed by atoms with Gasteiger partial charge >= 0.3 is 0 Å². The van der Waals surface area contributed by atoms with Crippen LogP contribution in [0.1, 0.15) is 54.4 Å². The molecule has 0 radical (unpaired) electrons. The van der Waals surface area contributed by atoms with E-state index in [1.807, 2.05) is 55.6 Å². The third-order valence-corrected chi connectivity index (χ3v) is 6.28. The van der Waals surface area contributed by atoms with Crippen molar-refractivity contribution in [3.8, 4) is 0 Å². The number of hydrogen-bond acceptors (Lipinski definition) is 3. The highest BCUT2D eigenvalue weighted by atomic mass is 16.1. The van der Waals surface area contributed by atoms with E-state index in [-0.39, 0.29) is 17.4 Å². The Morgan fingerprint density at radius 2 is 2.09 bits per heavy atom. The van der Waals surface area contributed by atoms with Crippen LogP contribution in [0.25, 0.3) is 6.08 Å². The maximum Gasteiger partial charge on any atom is 0.251 e. The standard InChI is InChI=1S/C27H29N3O2/c1-4-22-20-15-18(3)17-27(22,23-12-13-25(31)30-24(23)16-20)29-14-8-10-19-9-6-7-11-21(19)26(32)28-5-2/h4,6-15,20H,5,16-17H2,1-3H3,(H,28,32)(H,30,31)/b10-8+,22-4?,29-14?. The van der Waals surface area contributed by atoms with Crippen molar-refractivity contribution in [2.45, 2.75) is 39.2 Å². The van der Waals surface area contributed by atoms with Gasteiger partial charge in [-0.2, -0.15) is 0 Å². The number of carbonyl (C=O) groups is 1. The average Bonchev–Trinajstić information content (AvgIpc) is 2.76. The highest BCUT2D eigenvalue weighted by Gasteiger charge is 2.46. The minimum absolute atomic E-state index is 0.0764. The van der Waals surface area contributed by atoms with Crippen LogP contribution in [0.4, 0.5) is 0 Å². The van der Waals surface area contributed by atoms with Gasteiger partial charge in [-0.3, -0.25) is 14.6 Å². The molecular formula is C27H29N3O2. The molecule has 2 atom stereocenters.